The van der Waals surface area contributed by atoms with Gasteiger partial charge in [0.25, 0.3) is 11.5 Å². The predicted molar refractivity (Wildman–Crippen MR) is 150 cm³/mol. The first kappa shape index (κ1) is 25.5. The summed E-state index contributed by atoms with van der Waals surface area (Å²) in [6, 6.07) is 24.7. The van der Waals surface area contributed by atoms with Crippen LogP contribution in [0.4, 0.5) is 0 Å². The minimum absolute atomic E-state index is 0.203. The van der Waals surface area contributed by atoms with Gasteiger partial charge in [-0.15, -0.1) is 0 Å². The van der Waals surface area contributed by atoms with Gasteiger partial charge >= 0.3 is 0 Å². The Labute approximate surface area is 228 Å². The second kappa shape index (κ2) is 11.1. The quantitative estimate of drug-likeness (QED) is 0.211. The summed E-state index contributed by atoms with van der Waals surface area (Å²) < 4.78 is 13.6. The van der Waals surface area contributed by atoms with Crippen molar-refractivity contribution in [1.29, 1.82) is 0 Å². The van der Waals surface area contributed by atoms with Crippen molar-refractivity contribution in [1.82, 2.24) is 14.5 Å². The van der Waals surface area contributed by atoms with Gasteiger partial charge < -0.3 is 14.1 Å². The van der Waals surface area contributed by atoms with Gasteiger partial charge in [0.2, 0.25) is 0 Å². The molecule has 8 heteroatoms. The van der Waals surface area contributed by atoms with E-state index in [1.165, 1.54) is 0 Å². The number of halogens is 1. The molecule has 0 aliphatic rings. The van der Waals surface area contributed by atoms with Gasteiger partial charge in [-0.25, -0.2) is 4.98 Å². The summed E-state index contributed by atoms with van der Waals surface area (Å²) in [5.41, 5.74) is 1.50. The molecule has 1 atom stereocenters. The van der Waals surface area contributed by atoms with Gasteiger partial charge in [0.1, 0.15) is 17.3 Å². The summed E-state index contributed by atoms with van der Waals surface area (Å²) >= 11 is 3.43. The van der Waals surface area contributed by atoms with E-state index in [4.69, 9.17) is 14.1 Å². The number of carbonyl (C=O) groups excluding carboxylic acids is 1. The van der Waals surface area contributed by atoms with Crippen molar-refractivity contribution in [2.24, 2.45) is 0 Å². The molecule has 2 aromatic heterocycles. The summed E-state index contributed by atoms with van der Waals surface area (Å²) in [4.78, 5) is 34.3. The van der Waals surface area contributed by atoms with Crippen molar-refractivity contribution in [3.8, 4) is 11.4 Å². The first-order valence-electron chi connectivity index (χ1n) is 12.3. The third-order valence-electron chi connectivity index (χ3n) is 6.31. The van der Waals surface area contributed by atoms with Crippen molar-refractivity contribution in [2.45, 2.75) is 26.4 Å². The van der Waals surface area contributed by atoms with Crippen LogP contribution in [0.5, 0.6) is 5.75 Å². The van der Waals surface area contributed by atoms with Crippen LogP contribution in [0.1, 0.15) is 41.8 Å². The number of hydrogen-bond acceptors (Lipinski definition) is 5. The number of benzene rings is 3. The highest BCUT2D eigenvalue weighted by atomic mass is 79.9. The molecule has 1 unspecified atom stereocenters. The fraction of sp³-hybridized carbons (Fsp3) is 0.167. The first-order chi connectivity index (χ1) is 18.5. The van der Waals surface area contributed by atoms with E-state index in [-0.39, 0.29) is 18.0 Å². The molecule has 5 rings (SSSR count). The third-order valence-corrected chi connectivity index (χ3v) is 6.84. The highest BCUT2D eigenvalue weighted by Gasteiger charge is 2.28. The Bertz CT molecular complexity index is 1610. The molecule has 0 N–H and O–H groups in total. The molecule has 0 fully saturated rings. The largest absolute Gasteiger partial charge is 0.494 e. The Kier molecular flexibility index (Phi) is 7.42. The summed E-state index contributed by atoms with van der Waals surface area (Å²) in [5.74, 6) is 1.56. The summed E-state index contributed by atoms with van der Waals surface area (Å²) in [6.45, 7) is 4.54. The molecule has 38 heavy (non-hydrogen) atoms. The lowest BCUT2D eigenvalue weighted by molar-refractivity contribution is 0.0648. The number of hydrogen-bond donors (Lipinski definition) is 0. The average molecular weight is 572 g/mol. The van der Waals surface area contributed by atoms with E-state index in [0.29, 0.717) is 46.1 Å². The smallest absolute Gasteiger partial charge is 0.266 e. The van der Waals surface area contributed by atoms with Gasteiger partial charge in [-0.05, 0) is 86.6 Å². The molecule has 0 spiro atoms. The molecule has 3 aromatic carbocycles. The van der Waals surface area contributed by atoms with Crippen LogP contribution in [0.15, 0.2) is 105 Å². The van der Waals surface area contributed by atoms with Crippen molar-refractivity contribution >= 4 is 32.7 Å². The second-order valence-electron chi connectivity index (χ2n) is 8.75. The van der Waals surface area contributed by atoms with Gasteiger partial charge in [-0.2, -0.15) is 0 Å². The van der Waals surface area contributed by atoms with Crippen LogP contribution in [-0.2, 0) is 6.54 Å². The lowest BCUT2D eigenvalue weighted by atomic mass is 10.1. The van der Waals surface area contributed by atoms with Crippen LogP contribution in [0.2, 0.25) is 0 Å². The van der Waals surface area contributed by atoms with E-state index in [0.717, 1.165) is 4.47 Å². The number of carbonyl (C=O) groups is 1. The molecule has 5 aromatic rings. The van der Waals surface area contributed by atoms with E-state index in [1.807, 2.05) is 74.5 Å². The molecule has 7 nitrogen and oxygen atoms in total. The van der Waals surface area contributed by atoms with Gasteiger partial charge in [0.15, 0.2) is 0 Å². The Hall–Kier alpha value is -4.17. The number of nitrogens with zero attached hydrogens (tertiary/aromatic N) is 3. The van der Waals surface area contributed by atoms with Gasteiger partial charge in [0.05, 0.1) is 42.0 Å². The predicted octanol–water partition coefficient (Wildman–Crippen LogP) is 6.54. The number of aromatic nitrogens is 2. The Morgan fingerprint density at radius 3 is 2.45 bits per heavy atom. The minimum atomic E-state index is -0.583. The number of rotatable bonds is 8. The van der Waals surface area contributed by atoms with E-state index in [9.17, 15) is 9.59 Å². The monoisotopic (exact) mass is 571 g/mol. The van der Waals surface area contributed by atoms with Crippen LogP contribution in [0, 0.1) is 0 Å². The maximum atomic E-state index is 13.8. The fourth-order valence-electron chi connectivity index (χ4n) is 4.39. The van der Waals surface area contributed by atoms with Gasteiger partial charge in [-0.3, -0.25) is 14.2 Å². The van der Waals surface area contributed by atoms with E-state index in [1.54, 1.807) is 40.0 Å². The minimum Gasteiger partial charge on any atom is -0.494 e. The highest BCUT2D eigenvalue weighted by molar-refractivity contribution is 9.10. The summed E-state index contributed by atoms with van der Waals surface area (Å²) in [5, 5.41) is 0.495. The zero-order valence-corrected chi connectivity index (χ0v) is 22.6. The maximum absolute atomic E-state index is 13.8. The normalized spacial score (nSPS) is 11.9. The summed E-state index contributed by atoms with van der Waals surface area (Å²) in [7, 11) is 0. The van der Waals surface area contributed by atoms with Crippen LogP contribution >= 0.6 is 15.9 Å². The molecular weight excluding hydrogens is 546 g/mol. The molecule has 2 heterocycles. The highest BCUT2D eigenvalue weighted by Crippen LogP contribution is 2.27. The number of fused-ring (bicyclic) bond motifs is 1. The van der Waals surface area contributed by atoms with E-state index in [2.05, 4.69) is 15.9 Å². The van der Waals surface area contributed by atoms with Crippen LogP contribution in [0.3, 0.4) is 0 Å². The maximum Gasteiger partial charge on any atom is 0.266 e. The molecule has 1 amide bonds. The molecule has 0 saturated heterocycles. The average Bonchev–Trinajstić information content (AvgIpc) is 3.46. The fourth-order valence-corrected chi connectivity index (χ4v) is 4.65. The number of furan rings is 1. The lowest BCUT2D eigenvalue weighted by Gasteiger charge is -2.30. The van der Waals surface area contributed by atoms with Gasteiger partial charge in [-0.1, -0.05) is 28.1 Å². The number of para-hydroxylation sites is 1. The lowest BCUT2D eigenvalue weighted by Crippen LogP contribution is -2.37. The molecule has 0 radical (unpaired) electrons. The molecule has 0 bridgehead atoms. The second-order valence-corrected chi connectivity index (χ2v) is 9.67. The molecule has 0 aliphatic carbocycles. The van der Waals surface area contributed by atoms with Crippen molar-refractivity contribution in [3.05, 3.63) is 123 Å². The van der Waals surface area contributed by atoms with Crippen molar-refractivity contribution < 1.29 is 13.9 Å². The SMILES string of the molecule is CCOc1ccc(-n2c(C(C)N(Cc3ccco3)C(=O)c3ccc(Br)cc3)nc3ccccc3c2=O)cc1. The summed E-state index contributed by atoms with van der Waals surface area (Å²) in [6.07, 6.45) is 1.58. The Balaban J connectivity index is 1.67. The van der Waals surface area contributed by atoms with E-state index < -0.39 is 6.04 Å². The zero-order valence-electron chi connectivity index (χ0n) is 21.0. The van der Waals surface area contributed by atoms with Crippen LogP contribution in [-0.4, -0.2) is 27.0 Å². The molecule has 0 saturated carbocycles. The standard InChI is InChI=1S/C30H26BrN3O4/c1-3-37-24-16-14-23(15-17-24)34-28(32-27-9-5-4-8-26(27)30(34)36)20(2)33(19-25-7-6-18-38-25)29(35)21-10-12-22(31)13-11-21/h4-18,20H,3,19H2,1-2H3. The molecule has 0 aliphatic heterocycles. The number of ether oxygens (including phenoxy) is 1. The number of amides is 1. The Morgan fingerprint density at radius 2 is 1.76 bits per heavy atom. The van der Waals surface area contributed by atoms with Crippen molar-refractivity contribution in [2.75, 3.05) is 6.61 Å². The molecular formula is C30H26BrN3O4. The van der Waals surface area contributed by atoms with Crippen LogP contribution < -0.4 is 10.3 Å². The molecule has 192 valence electrons. The first-order valence-corrected chi connectivity index (χ1v) is 13.1. The third kappa shape index (κ3) is 5.13. The van der Waals surface area contributed by atoms with Crippen LogP contribution in [0.25, 0.3) is 16.6 Å². The zero-order chi connectivity index (χ0) is 26.6. The van der Waals surface area contributed by atoms with Crippen molar-refractivity contribution in [3.63, 3.8) is 0 Å². The van der Waals surface area contributed by atoms with E-state index >= 15 is 0 Å². The Morgan fingerprint density at radius 1 is 1.03 bits per heavy atom. The van der Waals surface area contributed by atoms with Gasteiger partial charge in [0, 0.05) is 10.0 Å². The topological polar surface area (TPSA) is 77.6 Å².